The van der Waals surface area contributed by atoms with Gasteiger partial charge in [0.2, 0.25) is 0 Å². The molecule has 0 bridgehead atoms. The van der Waals surface area contributed by atoms with Crippen molar-refractivity contribution in [3.8, 4) is 17.2 Å². The maximum atomic E-state index is 4.51. The molecule has 4 rings (SSSR count). The highest BCUT2D eigenvalue weighted by atomic mass is 15.5. The van der Waals surface area contributed by atoms with E-state index >= 15 is 0 Å². The minimum absolute atomic E-state index is 0.568. The molecule has 3 heterocycles. The maximum Gasteiger partial charge on any atom is 0.160 e. The molecule has 0 unspecified atom stereocenters. The molecule has 0 saturated heterocycles. The highest BCUT2D eigenvalue weighted by Gasteiger charge is 2.10. The van der Waals surface area contributed by atoms with Crippen molar-refractivity contribution >= 4 is 0 Å². The molecule has 0 fully saturated rings. The Labute approximate surface area is 132 Å². The van der Waals surface area contributed by atoms with E-state index in [1.165, 1.54) is 0 Å². The van der Waals surface area contributed by atoms with Gasteiger partial charge in [0.1, 0.15) is 11.4 Å². The van der Waals surface area contributed by atoms with Crippen molar-refractivity contribution in [2.75, 3.05) is 0 Å². The second-order valence-electron chi connectivity index (χ2n) is 4.93. The first-order chi connectivity index (χ1) is 11.4. The zero-order valence-electron chi connectivity index (χ0n) is 12.2. The summed E-state index contributed by atoms with van der Waals surface area (Å²) in [4.78, 5) is 14.3. The highest BCUT2D eigenvalue weighted by Crippen LogP contribution is 2.14. The first-order valence-corrected chi connectivity index (χ1v) is 7.14. The Morgan fingerprint density at radius 2 is 1.83 bits per heavy atom. The van der Waals surface area contributed by atoms with Gasteiger partial charge in [0.15, 0.2) is 5.82 Å². The Bertz CT molecular complexity index is 896. The number of nitrogens with zero attached hydrogens (tertiary/aromatic N) is 7. The van der Waals surface area contributed by atoms with Crippen LogP contribution in [0.15, 0.2) is 67.5 Å². The van der Waals surface area contributed by atoms with E-state index in [2.05, 4.69) is 25.1 Å². The third-order valence-electron chi connectivity index (χ3n) is 3.37. The fraction of sp³-hybridized carbons (Fsp3) is 0.0625. The quantitative estimate of drug-likeness (QED) is 0.576. The molecule has 0 aliphatic rings. The number of hydrogen-bond donors (Lipinski definition) is 0. The summed E-state index contributed by atoms with van der Waals surface area (Å²) in [6.45, 7) is 0.568. The van der Waals surface area contributed by atoms with Gasteiger partial charge >= 0.3 is 0 Å². The van der Waals surface area contributed by atoms with Crippen LogP contribution in [0.5, 0.6) is 0 Å². The summed E-state index contributed by atoms with van der Waals surface area (Å²) in [6, 6.07) is 9.81. The Hall–Kier alpha value is -3.35. The summed E-state index contributed by atoms with van der Waals surface area (Å²) in [5, 5.41) is 8.82. The fourth-order valence-electron chi connectivity index (χ4n) is 2.31. The van der Waals surface area contributed by atoms with Gasteiger partial charge in [-0.25, -0.2) is 9.97 Å². The van der Waals surface area contributed by atoms with Gasteiger partial charge in [0.25, 0.3) is 0 Å². The molecular formula is C16H13N7. The molecule has 0 aliphatic heterocycles. The van der Waals surface area contributed by atoms with Gasteiger partial charge < -0.3 is 4.57 Å². The number of imidazole rings is 1. The van der Waals surface area contributed by atoms with Crippen molar-refractivity contribution in [3.63, 3.8) is 0 Å². The molecule has 0 radical (unpaired) electrons. The van der Waals surface area contributed by atoms with E-state index in [-0.39, 0.29) is 0 Å². The second kappa shape index (κ2) is 5.80. The third kappa shape index (κ3) is 2.71. The average Bonchev–Trinajstić information content (AvgIpc) is 3.26. The topological polar surface area (TPSA) is 74.3 Å². The van der Waals surface area contributed by atoms with E-state index < -0.39 is 0 Å². The van der Waals surface area contributed by atoms with E-state index in [0.717, 1.165) is 22.9 Å². The highest BCUT2D eigenvalue weighted by molar-refractivity contribution is 5.47. The molecule has 0 aliphatic carbocycles. The van der Waals surface area contributed by atoms with Gasteiger partial charge in [-0.2, -0.15) is 15.0 Å². The lowest BCUT2D eigenvalue weighted by atomic mass is 10.3. The van der Waals surface area contributed by atoms with Crippen molar-refractivity contribution in [1.29, 1.82) is 0 Å². The van der Waals surface area contributed by atoms with Crippen LogP contribution >= 0.6 is 0 Å². The molecule has 23 heavy (non-hydrogen) atoms. The molecule has 1 aromatic carbocycles. The molecule has 0 N–H and O–H groups in total. The predicted octanol–water partition coefficient (Wildman–Crippen LogP) is 1.97. The molecule has 0 spiro atoms. The molecule has 7 heteroatoms. The average molecular weight is 303 g/mol. The van der Waals surface area contributed by atoms with Gasteiger partial charge in [-0.1, -0.05) is 18.2 Å². The molecule has 3 aromatic heterocycles. The van der Waals surface area contributed by atoms with Gasteiger partial charge in [-0.15, -0.1) is 0 Å². The molecule has 7 nitrogen and oxygen atoms in total. The smallest absolute Gasteiger partial charge is 0.160 e. The van der Waals surface area contributed by atoms with E-state index in [1.807, 2.05) is 41.1 Å². The number of hydrogen-bond acceptors (Lipinski definition) is 5. The van der Waals surface area contributed by atoms with Gasteiger partial charge in [0.05, 0.1) is 24.6 Å². The van der Waals surface area contributed by atoms with Crippen LogP contribution in [-0.2, 0) is 6.54 Å². The SMILES string of the molecule is c1ccc(-n2ncc(Cn3ccnc3-c3cnccn3)n2)cc1. The summed E-state index contributed by atoms with van der Waals surface area (Å²) in [5.74, 6) is 0.757. The first kappa shape index (κ1) is 13.3. The number of benzene rings is 1. The first-order valence-electron chi connectivity index (χ1n) is 7.14. The van der Waals surface area contributed by atoms with Crippen LogP contribution in [0.2, 0.25) is 0 Å². The van der Waals surface area contributed by atoms with Crippen LogP contribution in [0, 0.1) is 0 Å². The molecule has 0 atom stereocenters. The predicted molar refractivity (Wildman–Crippen MR) is 83.7 cm³/mol. The summed E-state index contributed by atoms with van der Waals surface area (Å²) < 4.78 is 1.98. The van der Waals surface area contributed by atoms with Crippen molar-refractivity contribution in [3.05, 3.63) is 73.2 Å². The molecule has 4 aromatic rings. The van der Waals surface area contributed by atoms with Crippen molar-refractivity contribution in [1.82, 2.24) is 34.5 Å². The van der Waals surface area contributed by atoms with Crippen LogP contribution in [0.1, 0.15) is 5.69 Å². The Morgan fingerprint density at radius 3 is 2.65 bits per heavy atom. The minimum Gasteiger partial charge on any atom is -0.324 e. The van der Waals surface area contributed by atoms with Crippen LogP contribution in [0.3, 0.4) is 0 Å². The lowest BCUT2D eigenvalue weighted by Crippen LogP contribution is -2.04. The lowest BCUT2D eigenvalue weighted by Gasteiger charge is -2.04. The summed E-state index contributed by atoms with van der Waals surface area (Å²) in [7, 11) is 0. The van der Waals surface area contributed by atoms with Gasteiger partial charge in [-0.05, 0) is 12.1 Å². The number of rotatable bonds is 4. The standard InChI is InChI=1S/C16H13N7/c1-2-4-14(5-3-1)23-20-10-13(21-23)12-22-9-8-19-16(22)15-11-17-6-7-18-15/h1-11H,12H2. The second-order valence-corrected chi connectivity index (χ2v) is 4.93. The lowest BCUT2D eigenvalue weighted by molar-refractivity contribution is 0.713. The van der Waals surface area contributed by atoms with E-state index in [1.54, 1.807) is 35.8 Å². The van der Waals surface area contributed by atoms with E-state index in [0.29, 0.717) is 6.54 Å². The van der Waals surface area contributed by atoms with Crippen molar-refractivity contribution in [2.24, 2.45) is 0 Å². The summed E-state index contributed by atoms with van der Waals surface area (Å²) in [6.07, 6.45) is 10.4. The van der Waals surface area contributed by atoms with Crippen LogP contribution in [0.25, 0.3) is 17.2 Å². The largest absolute Gasteiger partial charge is 0.324 e. The van der Waals surface area contributed by atoms with Crippen LogP contribution in [0.4, 0.5) is 0 Å². The molecular weight excluding hydrogens is 290 g/mol. The minimum atomic E-state index is 0.568. The van der Waals surface area contributed by atoms with E-state index in [9.17, 15) is 0 Å². The Balaban J connectivity index is 1.61. The van der Waals surface area contributed by atoms with Crippen LogP contribution < -0.4 is 0 Å². The third-order valence-corrected chi connectivity index (χ3v) is 3.37. The number of aromatic nitrogens is 7. The van der Waals surface area contributed by atoms with E-state index in [4.69, 9.17) is 0 Å². The van der Waals surface area contributed by atoms with Gasteiger partial charge in [-0.3, -0.25) is 4.98 Å². The van der Waals surface area contributed by atoms with Crippen molar-refractivity contribution < 1.29 is 0 Å². The molecule has 0 saturated carbocycles. The normalized spacial score (nSPS) is 10.8. The Morgan fingerprint density at radius 1 is 0.913 bits per heavy atom. The van der Waals surface area contributed by atoms with Gasteiger partial charge in [0, 0.05) is 24.8 Å². The zero-order chi connectivity index (χ0) is 15.5. The van der Waals surface area contributed by atoms with Crippen LogP contribution in [-0.4, -0.2) is 34.5 Å². The maximum absolute atomic E-state index is 4.51. The zero-order valence-corrected chi connectivity index (χ0v) is 12.2. The fourth-order valence-corrected chi connectivity index (χ4v) is 2.31. The monoisotopic (exact) mass is 303 g/mol. The Kier molecular flexibility index (Phi) is 3.36. The number of para-hydroxylation sites is 1. The summed E-state index contributed by atoms with van der Waals surface area (Å²) in [5.41, 5.74) is 2.50. The molecule has 112 valence electrons. The summed E-state index contributed by atoms with van der Waals surface area (Å²) >= 11 is 0. The molecule has 0 amide bonds. The van der Waals surface area contributed by atoms with Crippen molar-refractivity contribution in [2.45, 2.75) is 6.54 Å².